The van der Waals surface area contributed by atoms with Crippen molar-refractivity contribution in [2.75, 3.05) is 54.1 Å². The summed E-state index contributed by atoms with van der Waals surface area (Å²) in [4.78, 5) is 22.9. The number of nitrogens with zero attached hydrogens (tertiary/aromatic N) is 1. The van der Waals surface area contributed by atoms with Gasteiger partial charge in [-0.25, -0.2) is 4.57 Å². The van der Waals surface area contributed by atoms with E-state index in [2.05, 4.69) is 111 Å². The highest BCUT2D eigenvalue weighted by atomic mass is 31.2. The smallest absolute Gasteiger partial charge is 0.457 e. The lowest BCUT2D eigenvalue weighted by atomic mass is 10.1. The number of carbonyl (C=O) groups excluding carboxylic acids is 1. The Hall–Kier alpha value is -2.58. The summed E-state index contributed by atoms with van der Waals surface area (Å²) >= 11 is 0. The van der Waals surface area contributed by atoms with Crippen molar-refractivity contribution < 1.29 is 37.3 Å². The van der Waals surface area contributed by atoms with Gasteiger partial charge in [-0.2, -0.15) is 0 Å². The molecule has 0 aliphatic heterocycles. The minimum Gasteiger partial charge on any atom is -0.457 e. The first-order valence-electron chi connectivity index (χ1n) is 22.5. The van der Waals surface area contributed by atoms with E-state index < -0.39 is 13.9 Å². The zero-order valence-electron chi connectivity index (χ0n) is 37.5. The van der Waals surface area contributed by atoms with Crippen LogP contribution in [-0.2, 0) is 27.9 Å². The fraction of sp³-hybridized carbons (Fsp3) is 0.653. The SMILES string of the molecule is CC/C=C\C/C=C\C/C=C\C/C=C\C/C=C\C/C=C\C/C=C\CCCCCC(=O)OC(COCCCCCCCC/C=C\CCC)COP(=O)(O)OCC[N+](C)(C)C. The topological polar surface area (TPSA) is 91.3 Å². The molecule has 8 nitrogen and oxygen atoms in total. The number of hydrogen-bond acceptors (Lipinski definition) is 6. The summed E-state index contributed by atoms with van der Waals surface area (Å²) in [7, 11) is 1.62. The van der Waals surface area contributed by atoms with E-state index in [-0.39, 0.29) is 32.2 Å². The number of esters is 1. The Balaban J connectivity index is 4.28. The Morgan fingerprint density at radius 1 is 0.552 bits per heavy atom. The molecule has 0 aromatic rings. The van der Waals surface area contributed by atoms with E-state index in [9.17, 15) is 14.3 Å². The second-order valence-corrected chi connectivity index (χ2v) is 17.1. The Morgan fingerprint density at radius 3 is 1.52 bits per heavy atom. The van der Waals surface area contributed by atoms with Crippen LogP contribution >= 0.6 is 7.82 Å². The number of likely N-dealkylation sites (N-methyl/N-ethyl adjacent to an activating group) is 1. The summed E-state index contributed by atoms with van der Waals surface area (Å²) in [5, 5.41) is 0. The molecule has 332 valence electrons. The van der Waals surface area contributed by atoms with Gasteiger partial charge in [-0.3, -0.25) is 13.8 Å². The third kappa shape index (κ3) is 44.5. The zero-order valence-corrected chi connectivity index (χ0v) is 38.4. The molecule has 0 fully saturated rings. The van der Waals surface area contributed by atoms with Crippen molar-refractivity contribution in [1.82, 2.24) is 0 Å². The molecule has 0 amide bonds. The van der Waals surface area contributed by atoms with Gasteiger partial charge >= 0.3 is 13.8 Å². The second-order valence-electron chi connectivity index (χ2n) is 15.7. The van der Waals surface area contributed by atoms with Gasteiger partial charge < -0.3 is 18.9 Å². The van der Waals surface area contributed by atoms with Crippen LogP contribution < -0.4 is 0 Å². The predicted octanol–water partition coefficient (Wildman–Crippen LogP) is 13.4. The largest absolute Gasteiger partial charge is 0.472 e. The lowest BCUT2D eigenvalue weighted by Gasteiger charge is -2.24. The molecule has 0 rings (SSSR count). The van der Waals surface area contributed by atoms with Crippen molar-refractivity contribution in [2.45, 2.75) is 155 Å². The number of hydrogen-bond donors (Lipinski definition) is 1. The van der Waals surface area contributed by atoms with Crippen LogP contribution in [0, 0.1) is 0 Å². The number of carbonyl (C=O) groups is 1. The van der Waals surface area contributed by atoms with Gasteiger partial charge in [0, 0.05) is 13.0 Å². The number of ether oxygens (including phenoxy) is 2. The summed E-state index contributed by atoms with van der Waals surface area (Å²) < 4.78 is 34.9. The normalized spacial score (nSPS) is 14.7. The van der Waals surface area contributed by atoms with Crippen molar-refractivity contribution in [3.8, 4) is 0 Å². The number of quaternary nitrogens is 1. The molecule has 0 spiro atoms. The third-order valence-electron chi connectivity index (χ3n) is 8.86. The average Bonchev–Trinajstić information content (AvgIpc) is 3.18. The Labute approximate surface area is 356 Å². The molecule has 1 N–H and O–H groups in total. The van der Waals surface area contributed by atoms with Gasteiger partial charge in [0.2, 0.25) is 0 Å². The Morgan fingerprint density at radius 2 is 1.00 bits per heavy atom. The van der Waals surface area contributed by atoms with Crippen LogP contribution in [0.4, 0.5) is 0 Å². The minimum absolute atomic E-state index is 0.0749. The van der Waals surface area contributed by atoms with Crippen LogP contribution in [0.2, 0.25) is 0 Å². The number of rotatable bonds is 40. The molecule has 0 heterocycles. The van der Waals surface area contributed by atoms with E-state index in [1.165, 1.54) is 38.5 Å². The van der Waals surface area contributed by atoms with Gasteiger partial charge in [-0.1, -0.05) is 150 Å². The van der Waals surface area contributed by atoms with E-state index in [4.69, 9.17) is 18.5 Å². The van der Waals surface area contributed by atoms with E-state index in [0.717, 1.165) is 89.9 Å². The maximum absolute atomic E-state index is 12.7. The molecular formula is C49H85NO7P+. The Kier molecular flexibility index (Phi) is 39.3. The number of phosphoric acid groups is 1. The first-order chi connectivity index (χ1) is 28.1. The lowest BCUT2D eigenvalue weighted by Crippen LogP contribution is -2.37. The molecule has 9 heteroatoms. The summed E-state index contributed by atoms with van der Waals surface area (Å²) in [5.41, 5.74) is 0. The van der Waals surface area contributed by atoms with Gasteiger partial charge in [-0.05, 0) is 89.9 Å². The quantitative estimate of drug-likeness (QED) is 0.0216. The fourth-order valence-electron chi connectivity index (χ4n) is 5.42. The summed E-state index contributed by atoms with van der Waals surface area (Å²) in [6.45, 7) is 5.36. The predicted molar refractivity (Wildman–Crippen MR) is 247 cm³/mol. The van der Waals surface area contributed by atoms with Gasteiger partial charge in [-0.15, -0.1) is 0 Å². The maximum atomic E-state index is 12.7. The number of unbranched alkanes of at least 4 members (excludes halogenated alkanes) is 10. The fourth-order valence-corrected chi connectivity index (χ4v) is 6.16. The van der Waals surface area contributed by atoms with Crippen LogP contribution in [0.1, 0.15) is 149 Å². The molecule has 0 aromatic carbocycles. The van der Waals surface area contributed by atoms with Gasteiger partial charge in [0.15, 0.2) is 0 Å². The van der Waals surface area contributed by atoms with Crippen LogP contribution in [-0.4, -0.2) is 75.6 Å². The van der Waals surface area contributed by atoms with Crippen molar-refractivity contribution >= 4 is 13.8 Å². The van der Waals surface area contributed by atoms with Crippen molar-refractivity contribution in [2.24, 2.45) is 0 Å². The molecule has 0 aliphatic rings. The molecular weight excluding hydrogens is 746 g/mol. The van der Waals surface area contributed by atoms with Crippen molar-refractivity contribution in [3.05, 3.63) is 97.2 Å². The monoisotopic (exact) mass is 831 g/mol. The van der Waals surface area contributed by atoms with Crippen molar-refractivity contribution in [1.29, 1.82) is 0 Å². The molecule has 0 aliphatic carbocycles. The summed E-state index contributed by atoms with van der Waals surface area (Å²) in [6, 6.07) is 0. The highest BCUT2D eigenvalue weighted by Crippen LogP contribution is 2.43. The van der Waals surface area contributed by atoms with E-state index >= 15 is 0 Å². The van der Waals surface area contributed by atoms with Crippen LogP contribution in [0.5, 0.6) is 0 Å². The van der Waals surface area contributed by atoms with Gasteiger partial charge in [0.1, 0.15) is 19.3 Å². The molecule has 58 heavy (non-hydrogen) atoms. The zero-order chi connectivity index (χ0) is 42.7. The second kappa shape index (κ2) is 41.2. The molecule has 0 bridgehead atoms. The first-order valence-corrected chi connectivity index (χ1v) is 24.0. The minimum atomic E-state index is -4.29. The molecule has 2 atom stereocenters. The average molecular weight is 831 g/mol. The van der Waals surface area contributed by atoms with Crippen LogP contribution in [0.25, 0.3) is 0 Å². The summed E-state index contributed by atoms with van der Waals surface area (Å²) in [5.74, 6) is -0.353. The van der Waals surface area contributed by atoms with E-state index in [0.29, 0.717) is 17.6 Å². The molecule has 2 unspecified atom stereocenters. The van der Waals surface area contributed by atoms with E-state index in [1.54, 1.807) is 0 Å². The van der Waals surface area contributed by atoms with Crippen LogP contribution in [0.15, 0.2) is 97.2 Å². The van der Waals surface area contributed by atoms with E-state index in [1.807, 2.05) is 21.1 Å². The maximum Gasteiger partial charge on any atom is 0.472 e. The molecule has 0 radical (unpaired) electrons. The summed E-state index contributed by atoms with van der Waals surface area (Å²) in [6.07, 6.45) is 55.9. The lowest BCUT2D eigenvalue weighted by molar-refractivity contribution is -0.870. The number of phosphoric ester groups is 1. The number of allylic oxidation sites excluding steroid dienone is 16. The third-order valence-corrected chi connectivity index (χ3v) is 9.84. The molecule has 0 aromatic heterocycles. The molecule has 0 saturated carbocycles. The van der Waals surface area contributed by atoms with Crippen molar-refractivity contribution in [3.63, 3.8) is 0 Å². The standard InChI is InChI=1S/C49H84NO7P/c1-6-8-10-12-14-16-18-19-20-21-22-23-24-25-26-27-28-29-30-31-32-34-36-38-40-42-49(51)57-48(47-56-58(52,53)55-45-43-50(3,4)5)46-54-44-41-39-37-35-33-17-15-13-11-9-7-2/h8,10-11,13-14,16,19-20,22-23,25-26,28-29,31-32,48H,6-7,9,12,15,17-18,21,24,27,30,33-47H2,1-5H3/p+1/b10-8-,13-11-,16-14-,20-19-,23-22-,26-25-,29-28-,32-31-. The first kappa shape index (κ1) is 55.4. The molecule has 0 saturated heterocycles. The van der Waals surface area contributed by atoms with Gasteiger partial charge in [0.05, 0.1) is 34.4 Å². The van der Waals surface area contributed by atoms with Gasteiger partial charge in [0.25, 0.3) is 0 Å². The highest BCUT2D eigenvalue weighted by molar-refractivity contribution is 7.47. The Bertz CT molecular complexity index is 1240. The highest BCUT2D eigenvalue weighted by Gasteiger charge is 2.26. The van der Waals surface area contributed by atoms with Crippen LogP contribution in [0.3, 0.4) is 0 Å².